The van der Waals surface area contributed by atoms with Gasteiger partial charge in [-0.15, -0.1) is 0 Å². The Morgan fingerprint density at radius 1 is 0.783 bits per heavy atom. The van der Waals surface area contributed by atoms with Crippen LogP contribution in [0.3, 0.4) is 0 Å². The molecular formula is C21H24O2. The minimum Gasteiger partial charge on any atom is -0.494 e. The van der Waals surface area contributed by atoms with Gasteiger partial charge in [-0.2, -0.15) is 0 Å². The van der Waals surface area contributed by atoms with Crippen LogP contribution in [0.2, 0.25) is 0 Å². The number of allylic oxidation sites excluding steroid dienone is 3. The van der Waals surface area contributed by atoms with Crippen LogP contribution in [0.4, 0.5) is 0 Å². The largest absolute Gasteiger partial charge is 0.494 e. The minimum absolute atomic E-state index is 0.577. The van der Waals surface area contributed by atoms with Gasteiger partial charge in [-0.25, -0.2) is 0 Å². The second-order valence-electron chi connectivity index (χ2n) is 5.16. The Bertz CT molecular complexity index is 622. The monoisotopic (exact) mass is 308 g/mol. The zero-order chi connectivity index (χ0) is 16.3. The van der Waals surface area contributed by atoms with E-state index < -0.39 is 0 Å². The van der Waals surface area contributed by atoms with E-state index in [4.69, 9.17) is 9.47 Å². The number of rotatable bonds is 8. The molecule has 0 radical (unpaired) electrons. The lowest BCUT2D eigenvalue weighted by Crippen LogP contribution is -1.94. The van der Waals surface area contributed by atoms with Gasteiger partial charge in [0.25, 0.3) is 0 Å². The molecule has 0 heterocycles. The van der Waals surface area contributed by atoms with Gasteiger partial charge in [-0.05, 0) is 54.8 Å². The summed E-state index contributed by atoms with van der Waals surface area (Å²) in [7, 11) is 0. The van der Waals surface area contributed by atoms with Gasteiger partial charge in [0.1, 0.15) is 18.1 Å². The Hall–Kier alpha value is -2.48. The first-order chi connectivity index (χ1) is 11.3. The molecule has 0 unspecified atom stereocenters. The summed E-state index contributed by atoms with van der Waals surface area (Å²) in [6.45, 7) is 5.43. The number of ether oxygens (including phenoxy) is 2. The van der Waals surface area contributed by atoms with Crippen molar-refractivity contribution >= 4 is 0 Å². The molecule has 0 spiro atoms. The third-order valence-corrected chi connectivity index (χ3v) is 3.30. The molecule has 0 atom stereocenters. The molecule has 0 saturated heterocycles. The normalized spacial score (nSPS) is 11.2. The van der Waals surface area contributed by atoms with Crippen molar-refractivity contribution in [2.75, 3.05) is 13.2 Å². The molecule has 0 N–H and O–H groups in total. The topological polar surface area (TPSA) is 18.5 Å². The van der Waals surface area contributed by atoms with Crippen molar-refractivity contribution in [3.8, 4) is 22.6 Å². The molecule has 0 saturated carbocycles. The number of benzene rings is 2. The van der Waals surface area contributed by atoms with Crippen LogP contribution < -0.4 is 9.47 Å². The molecule has 0 amide bonds. The first kappa shape index (κ1) is 16.9. The third-order valence-electron chi connectivity index (χ3n) is 3.30. The highest BCUT2D eigenvalue weighted by Crippen LogP contribution is 2.24. The molecule has 0 bridgehead atoms. The summed E-state index contributed by atoms with van der Waals surface area (Å²) in [5.41, 5.74) is 2.34. The summed E-state index contributed by atoms with van der Waals surface area (Å²) in [6, 6.07) is 16.4. The van der Waals surface area contributed by atoms with E-state index in [0.717, 1.165) is 24.5 Å². The maximum atomic E-state index is 5.67. The van der Waals surface area contributed by atoms with E-state index in [0.29, 0.717) is 6.61 Å². The van der Waals surface area contributed by atoms with Crippen molar-refractivity contribution in [1.29, 1.82) is 0 Å². The third kappa shape index (κ3) is 5.67. The molecule has 0 aliphatic heterocycles. The predicted octanol–water partition coefficient (Wildman–Crippen LogP) is 5.65. The van der Waals surface area contributed by atoms with E-state index in [1.807, 2.05) is 55.5 Å². The van der Waals surface area contributed by atoms with Gasteiger partial charge < -0.3 is 9.47 Å². The van der Waals surface area contributed by atoms with Crippen LogP contribution in [0, 0.1) is 0 Å². The standard InChI is InChI=1S/C21H24O2/c1-3-5-6-7-17-23-21-14-10-19(11-15-21)18-8-12-20(13-9-18)22-16-4-2/h3,5-15H,4,16-17H2,1-2H3. The van der Waals surface area contributed by atoms with Gasteiger partial charge in [-0.3, -0.25) is 0 Å². The van der Waals surface area contributed by atoms with Crippen molar-refractivity contribution < 1.29 is 9.47 Å². The van der Waals surface area contributed by atoms with Crippen LogP contribution in [-0.4, -0.2) is 13.2 Å². The molecule has 2 aromatic carbocycles. The zero-order valence-electron chi connectivity index (χ0n) is 13.9. The van der Waals surface area contributed by atoms with Gasteiger partial charge in [0, 0.05) is 0 Å². The fourth-order valence-corrected chi connectivity index (χ4v) is 2.10. The van der Waals surface area contributed by atoms with Crippen molar-refractivity contribution in [2.45, 2.75) is 20.3 Å². The van der Waals surface area contributed by atoms with Crippen molar-refractivity contribution in [1.82, 2.24) is 0 Å². The van der Waals surface area contributed by atoms with Gasteiger partial charge in [0.05, 0.1) is 6.61 Å². The Morgan fingerprint density at radius 2 is 1.35 bits per heavy atom. The van der Waals surface area contributed by atoms with Crippen LogP contribution in [0.1, 0.15) is 20.3 Å². The molecule has 0 aliphatic carbocycles. The molecule has 2 aromatic rings. The van der Waals surface area contributed by atoms with Crippen LogP contribution in [0.15, 0.2) is 72.8 Å². The first-order valence-corrected chi connectivity index (χ1v) is 8.07. The Labute approximate surface area is 139 Å². The first-order valence-electron chi connectivity index (χ1n) is 8.07. The van der Waals surface area contributed by atoms with E-state index in [2.05, 4.69) is 31.2 Å². The maximum absolute atomic E-state index is 5.67. The Morgan fingerprint density at radius 3 is 1.87 bits per heavy atom. The van der Waals surface area contributed by atoms with E-state index >= 15 is 0 Å². The lowest BCUT2D eigenvalue weighted by molar-refractivity contribution is 0.317. The highest BCUT2D eigenvalue weighted by molar-refractivity contribution is 5.64. The summed E-state index contributed by atoms with van der Waals surface area (Å²) < 4.78 is 11.3. The van der Waals surface area contributed by atoms with E-state index in [1.54, 1.807) is 0 Å². The molecule has 120 valence electrons. The second-order valence-corrected chi connectivity index (χ2v) is 5.16. The Kier molecular flexibility index (Phi) is 6.99. The van der Waals surface area contributed by atoms with Crippen molar-refractivity contribution in [2.24, 2.45) is 0 Å². The average Bonchev–Trinajstić information content (AvgIpc) is 2.61. The molecule has 0 fully saturated rings. The molecular weight excluding hydrogens is 284 g/mol. The van der Waals surface area contributed by atoms with Gasteiger partial charge >= 0.3 is 0 Å². The SMILES string of the molecule is CC=CC=CCOc1ccc(-c2ccc(OCCC)cc2)cc1. The fraction of sp³-hybridized carbons (Fsp3) is 0.238. The quantitative estimate of drug-likeness (QED) is 0.586. The number of hydrogen-bond donors (Lipinski definition) is 0. The summed E-state index contributed by atoms with van der Waals surface area (Å²) in [5, 5.41) is 0. The fourth-order valence-electron chi connectivity index (χ4n) is 2.10. The van der Waals surface area contributed by atoms with Gasteiger partial charge in [-0.1, -0.05) is 49.4 Å². The molecule has 2 nitrogen and oxygen atoms in total. The van der Waals surface area contributed by atoms with Crippen LogP contribution >= 0.6 is 0 Å². The zero-order valence-corrected chi connectivity index (χ0v) is 13.9. The Balaban J connectivity index is 1.93. The lowest BCUT2D eigenvalue weighted by atomic mass is 10.1. The minimum atomic E-state index is 0.577. The van der Waals surface area contributed by atoms with Crippen LogP contribution in [-0.2, 0) is 0 Å². The van der Waals surface area contributed by atoms with E-state index in [1.165, 1.54) is 11.1 Å². The van der Waals surface area contributed by atoms with Crippen molar-refractivity contribution in [3.05, 3.63) is 72.8 Å². The predicted molar refractivity (Wildman–Crippen MR) is 97.1 cm³/mol. The van der Waals surface area contributed by atoms with E-state index in [-0.39, 0.29) is 0 Å². The van der Waals surface area contributed by atoms with Crippen LogP contribution in [0.25, 0.3) is 11.1 Å². The van der Waals surface area contributed by atoms with E-state index in [9.17, 15) is 0 Å². The maximum Gasteiger partial charge on any atom is 0.119 e. The van der Waals surface area contributed by atoms with Crippen molar-refractivity contribution in [3.63, 3.8) is 0 Å². The van der Waals surface area contributed by atoms with Crippen LogP contribution in [0.5, 0.6) is 11.5 Å². The highest BCUT2D eigenvalue weighted by Gasteiger charge is 2.00. The molecule has 23 heavy (non-hydrogen) atoms. The molecule has 2 heteroatoms. The summed E-state index contributed by atoms with van der Waals surface area (Å²) in [4.78, 5) is 0. The lowest BCUT2D eigenvalue weighted by Gasteiger charge is -2.07. The molecule has 0 aliphatic rings. The summed E-state index contributed by atoms with van der Waals surface area (Å²) >= 11 is 0. The summed E-state index contributed by atoms with van der Waals surface area (Å²) in [6.07, 6.45) is 8.97. The highest BCUT2D eigenvalue weighted by atomic mass is 16.5. The average molecular weight is 308 g/mol. The second kappa shape index (κ2) is 9.52. The van der Waals surface area contributed by atoms with Gasteiger partial charge in [0.2, 0.25) is 0 Å². The molecule has 2 rings (SSSR count). The summed E-state index contributed by atoms with van der Waals surface area (Å²) in [5.74, 6) is 1.80. The molecule has 0 aromatic heterocycles. The van der Waals surface area contributed by atoms with Gasteiger partial charge in [0.15, 0.2) is 0 Å². The smallest absolute Gasteiger partial charge is 0.119 e. The number of hydrogen-bond acceptors (Lipinski definition) is 2.